The maximum atomic E-state index is 11.1. The van der Waals surface area contributed by atoms with E-state index in [2.05, 4.69) is 6.92 Å². The molecule has 0 saturated carbocycles. The van der Waals surface area contributed by atoms with Gasteiger partial charge < -0.3 is 0 Å². The summed E-state index contributed by atoms with van der Waals surface area (Å²) in [5.41, 5.74) is 0.0158. The molecule has 0 aliphatic heterocycles. The van der Waals surface area contributed by atoms with Crippen molar-refractivity contribution in [1.29, 1.82) is 0 Å². The molecule has 151 valence electrons. The highest BCUT2D eigenvalue weighted by Gasteiger charge is 2.14. The van der Waals surface area contributed by atoms with Gasteiger partial charge >= 0.3 is 0 Å². The van der Waals surface area contributed by atoms with Crippen molar-refractivity contribution in [2.24, 2.45) is 0 Å². The van der Waals surface area contributed by atoms with Gasteiger partial charge in [-0.3, -0.25) is 25.0 Å². The number of rotatable bonds is 17. The fraction of sp³-hybridized carbons (Fsp3) is 0.650. The quantitative estimate of drug-likeness (QED) is 0.140. The average Bonchev–Trinajstić information content (AvgIpc) is 2.63. The molecule has 0 N–H and O–H groups in total. The molecule has 0 saturated heterocycles. The second-order valence-electron chi connectivity index (χ2n) is 6.37. The zero-order valence-corrected chi connectivity index (χ0v) is 16.2. The van der Waals surface area contributed by atoms with E-state index in [1.165, 1.54) is 18.6 Å². The zero-order chi connectivity index (χ0) is 20.3. The maximum Gasteiger partial charge on any atom is 0.246 e. The molecule has 0 amide bonds. The minimum Gasteiger partial charge on any atom is -0.291 e. The van der Waals surface area contributed by atoms with Gasteiger partial charge in [-0.15, -0.1) is 0 Å². The summed E-state index contributed by atoms with van der Waals surface area (Å²) in [5.74, 6) is 0. The second-order valence-corrected chi connectivity index (χ2v) is 6.37. The summed E-state index contributed by atoms with van der Waals surface area (Å²) in [6.45, 7) is 2.14. The zero-order valence-electron chi connectivity index (χ0n) is 16.2. The lowest BCUT2D eigenvalue weighted by Gasteiger charge is -2.01. The monoisotopic (exact) mass is 379 g/mol. The standard InChI is InChI=1S/C20H31N2O5/c1-2-3-4-5-8-11-14-19(21(24)25)16-17-20(22(26)27)15-12-9-6-7-10-13-18-23/h6,9,15-16H,2-5,7-8,10-14,17H2,1H3/b9-6+,19-16-,20-15-. The number of unbranched alkanes of at least 4 members (excludes halogenated alkanes) is 7. The van der Waals surface area contributed by atoms with Crippen LogP contribution in [0, 0.1) is 20.2 Å². The first-order valence-corrected chi connectivity index (χ1v) is 9.69. The van der Waals surface area contributed by atoms with E-state index in [0.29, 0.717) is 25.7 Å². The van der Waals surface area contributed by atoms with Crippen LogP contribution < -0.4 is 0 Å². The van der Waals surface area contributed by atoms with Crippen LogP contribution in [0.3, 0.4) is 0 Å². The van der Waals surface area contributed by atoms with Crippen molar-refractivity contribution in [3.8, 4) is 0 Å². The van der Waals surface area contributed by atoms with E-state index < -0.39 is 9.85 Å². The van der Waals surface area contributed by atoms with Crippen molar-refractivity contribution >= 4 is 6.29 Å². The minimum atomic E-state index is -0.492. The highest BCUT2D eigenvalue weighted by molar-refractivity contribution is 5.50. The third-order valence-corrected chi connectivity index (χ3v) is 4.11. The van der Waals surface area contributed by atoms with E-state index in [4.69, 9.17) is 0 Å². The van der Waals surface area contributed by atoms with Crippen LogP contribution in [-0.2, 0) is 4.79 Å². The Balaban J connectivity index is 4.51. The molecule has 0 fully saturated rings. The van der Waals surface area contributed by atoms with Crippen LogP contribution in [0.2, 0.25) is 0 Å². The van der Waals surface area contributed by atoms with Crippen LogP contribution in [0.4, 0.5) is 0 Å². The molecule has 0 aliphatic rings. The first kappa shape index (κ1) is 24.7. The van der Waals surface area contributed by atoms with E-state index >= 15 is 0 Å². The Labute approximate surface area is 161 Å². The van der Waals surface area contributed by atoms with Gasteiger partial charge in [0.25, 0.3) is 0 Å². The van der Waals surface area contributed by atoms with Gasteiger partial charge in [0.05, 0.1) is 16.3 Å². The highest BCUT2D eigenvalue weighted by Crippen LogP contribution is 2.15. The molecule has 0 aromatic carbocycles. The Hall–Kier alpha value is -2.31. The Morgan fingerprint density at radius 2 is 1.56 bits per heavy atom. The van der Waals surface area contributed by atoms with Crippen LogP contribution >= 0.6 is 0 Å². The van der Waals surface area contributed by atoms with Crippen LogP contribution in [0.15, 0.2) is 35.7 Å². The fourth-order valence-electron chi connectivity index (χ4n) is 2.52. The SMILES string of the molecule is CCCCCCCC/C(=C/C/C(=C/C/C=C/CCC[C]=O)[N+](=O)[O-])[N+](=O)[O-]. The van der Waals surface area contributed by atoms with Crippen LogP contribution in [-0.4, -0.2) is 16.1 Å². The summed E-state index contributed by atoms with van der Waals surface area (Å²) in [6, 6.07) is 0. The molecule has 0 bridgehead atoms. The van der Waals surface area contributed by atoms with Crippen molar-refractivity contribution in [2.45, 2.75) is 84.0 Å². The predicted molar refractivity (Wildman–Crippen MR) is 106 cm³/mol. The molecule has 27 heavy (non-hydrogen) atoms. The summed E-state index contributed by atoms with van der Waals surface area (Å²) in [7, 11) is 0. The molecule has 7 heteroatoms. The van der Waals surface area contributed by atoms with Crippen LogP contribution in [0.25, 0.3) is 0 Å². The Morgan fingerprint density at radius 3 is 2.19 bits per heavy atom. The molecule has 0 aromatic heterocycles. The summed E-state index contributed by atoms with van der Waals surface area (Å²) in [5, 5.41) is 22.3. The lowest BCUT2D eigenvalue weighted by molar-refractivity contribution is -0.432. The normalized spacial score (nSPS) is 12.5. The number of hydrogen-bond donors (Lipinski definition) is 0. The van der Waals surface area contributed by atoms with E-state index in [0.717, 1.165) is 38.5 Å². The number of hydrogen-bond acceptors (Lipinski definition) is 5. The van der Waals surface area contributed by atoms with Gasteiger partial charge in [0.15, 0.2) is 6.29 Å². The first-order valence-electron chi connectivity index (χ1n) is 9.69. The predicted octanol–water partition coefficient (Wildman–Crippen LogP) is 5.67. The van der Waals surface area contributed by atoms with Crippen molar-refractivity contribution in [2.75, 3.05) is 0 Å². The Bertz CT molecular complexity index is 538. The van der Waals surface area contributed by atoms with Crippen LogP contribution in [0.5, 0.6) is 0 Å². The van der Waals surface area contributed by atoms with Crippen LogP contribution in [0.1, 0.15) is 84.0 Å². The van der Waals surface area contributed by atoms with E-state index in [1.807, 2.05) is 12.4 Å². The van der Waals surface area contributed by atoms with E-state index in [9.17, 15) is 25.0 Å². The molecular weight excluding hydrogens is 348 g/mol. The van der Waals surface area contributed by atoms with Gasteiger partial charge in [0.2, 0.25) is 11.4 Å². The van der Waals surface area contributed by atoms with Crippen molar-refractivity contribution < 1.29 is 14.6 Å². The largest absolute Gasteiger partial charge is 0.291 e. The summed E-state index contributed by atoms with van der Waals surface area (Å²) >= 11 is 0. The maximum absolute atomic E-state index is 11.1. The molecule has 0 rings (SSSR count). The topological polar surface area (TPSA) is 103 Å². The van der Waals surface area contributed by atoms with Gasteiger partial charge in [0.1, 0.15) is 0 Å². The number of nitrogens with zero attached hydrogens (tertiary/aromatic N) is 2. The summed E-state index contributed by atoms with van der Waals surface area (Å²) in [6.07, 6.45) is 17.0. The Kier molecular flexibility index (Phi) is 15.7. The van der Waals surface area contributed by atoms with Gasteiger partial charge in [0, 0.05) is 12.8 Å². The fourth-order valence-corrected chi connectivity index (χ4v) is 2.52. The van der Waals surface area contributed by atoms with Crippen molar-refractivity contribution in [3.05, 3.63) is 55.9 Å². The smallest absolute Gasteiger partial charge is 0.246 e. The first-order chi connectivity index (χ1) is 13.0. The third kappa shape index (κ3) is 14.5. The lowest BCUT2D eigenvalue weighted by Crippen LogP contribution is -2.02. The molecule has 1 radical (unpaired) electrons. The molecule has 0 heterocycles. The average molecular weight is 379 g/mol. The number of nitro groups is 2. The molecule has 0 atom stereocenters. The van der Waals surface area contributed by atoms with Gasteiger partial charge in [-0.2, -0.15) is 0 Å². The third-order valence-electron chi connectivity index (χ3n) is 4.11. The van der Waals surface area contributed by atoms with Crippen molar-refractivity contribution in [3.63, 3.8) is 0 Å². The van der Waals surface area contributed by atoms with Gasteiger partial charge in [-0.05, 0) is 37.8 Å². The molecule has 0 spiro atoms. The summed E-state index contributed by atoms with van der Waals surface area (Å²) < 4.78 is 0. The van der Waals surface area contributed by atoms with Gasteiger partial charge in [-0.25, -0.2) is 0 Å². The van der Waals surface area contributed by atoms with Crippen molar-refractivity contribution in [1.82, 2.24) is 0 Å². The number of allylic oxidation sites excluding steroid dienone is 5. The minimum absolute atomic E-state index is 0.0387. The number of carbonyl (C=O) groups excluding carboxylic acids is 1. The van der Waals surface area contributed by atoms with E-state index in [1.54, 1.807) is 6.08 Å². The molecule has 0 aromatic rings. The molecule has 7 nitrogen and oxygen atoms in total. The second kappa shape index (κ2) is 17.1. The Morgan fingerprint density at radius 1 is 0.889 bits per heavy atom. The van der Waals surface area contributed by atoms with E-state index in [-0.39, 0.29) is 17.8 Å². The molecule has 0 unspecified atom stereocenters. The lowest BCUT2D eigenvalue weighted by atomic mass is 10.1. The molecule has 0 aliphatic carbocycles. The van der Waals surface area contributed by atoms with Gasteiger partial charge in [-0.1, -0.05) is 51.2 Å². The highest BCUT2D eigenvalue weighted by atomic mass is 16.6. The molecular formula is C20H31N2O5. The summed E-state index contributed by atoms with van der Waals surface area (Å²) in [4.78, 5) is 31.4.